The molecule has 0 saturated carbocycles. The lowest BCUT2D eigenvalue weighted by atomic mass is 9.97. The van der Waals surface area contributed by atoms with Gasteiger partial charge in [-0.3, -0.25) is 14.5 Å². The molecular weight excluding hydrogens is 444 g/mol. The number of nitrogens with zero attached hydrogens (tertiary/aromatic N) is 3. The fourth-order valence-corrected chi connectivity index (χ4v) is 5.39. The lowest BCUT2D eigenvalue weighted by molar-refractivity contribution is -0.138. The fraction of sp³-hybridized carbons (Fsp3) is 0.652. The molecular formula is C23H36N4O5S. The van der Waals surface area contributed by atoms with E-state index in [1.807, 2.05) is 23.1 Å². The van der Waals surface area contributed by atoms with Gasteiger partial charge in [0, 0.05) is 70.3 Å². The minimum atomic E-state index is -3.38. The number of carbonyl (C=O) groups excluding carboxylic acids is 2. The molecule has 2 aliphatic rings. The molecule has 0 bridgehead atoms. The number of methoxy groups -OCH3 is 1. The highest BCUT2D eigenvalue weighted by Gasteiger charge is 2.28. The summed E-state index contributed by atoms with van der Waals surface area (Å²) in [4.78, 5) is 29.6. The van der Waals surface area contributed by atoms with Crippen molar-refractivity contribution in [2.75, 3.05) is 59.2 Å². The first-order chi connectivity index (χ1) is 15.8. The van der Waals surface area contributed by atoms with Gasteiger partial charge in [-0.15, -0.1) is 0 Å². The van der Waals surface area contributed by atoms with E-state index in [0.717, 1.165) is 37.2 Å². The molecule has 0 spiro atoms. The molecule has 2 aliphatic heterocycles. The number of para-hydroxylation sites is 1. The molecule has 1 atom stereocenters. The van der Waals surface area contributed by atoms with Crippen LogP contribution >= 0.6 is 0 Å². The SMILES string of the molecule is COc1ccccc1CN1CCN(C(=O)[C@H]2CCCN(S(C)(=O)=O)CCC(=O)NCC2)CC1. The summed E-state index contributed by atoms with van der Waals surface area (Å²) >= 11 is 0. The zero-order chi connectivity index (χ0) is 23.8. The molecule has 10 heteroatoms. The van der Waals surface area contributed by atoms with Crippen LogP contribution in [0.3, 0.4) is 0 Å². The molecule has 0 aliphatic carbocycles. The van der Waals surface area contributed by atoms with Gasteiger partial charge >= 0.3 is 0 Å². The number of nitrogens with one attached hydrogen (secondary N) is 1. The van der Waals surface area contributed by atoms with Crippen molar-refractivity contribution in [2.45, 2.75) is 32.2 Å². The molecule has 0 aromatic heterocycles. The van der Waals surface area contributed by atoms with Crippen molar-refractivity contribution in [1.82, 2.24) is 19.4 Å². The van der Waals surface area contributed by atoms with Gasteiger partial charge in [0.15, 0.2) is 0 Å². The highest BCUT2D eigenvalue weighted by molar-refractivity contribution is 7.88. The highest BCUT2D eigenvalue weighted by Crippen LogP contribution is 2.22. The van der Waals surface area contributed by atoms with E-state index >= 15 is 0 Å². The molecule has 2 amide bonds. The molecule has 184 valence electrons. The average Bonchev–Trinajstić information content (AvgIpc) is 2.83. The number of ether oxygens (including phenoxy) is 1. The normalized spacial score (nSPS) is 22.3. The quantitative estimate of drug-likeness (QED) is 0.673. The second-order valence-corrected chi connectivity index (χ2v) is 10.8. The third kappa shape index (κ3) is 7.41. The monoisotopic (exact) mass is 480 g/mol. The van der Waals surface area contributed by atoms with Gasteiger partial charge in [-0.05, 0) is 25.3 Å². The second-order valence-electron chi connectivity index (χ2n) is 8.80. The van der Waals surface area contributed by atoms with Crippen LogP contribution in [0.25, 0.3) is 0 Å². The molecule has 33 heavy (non-hydrogen) atoms. The molecule has 9 nitrogen and oxygen atoms in total. The Hall–Kier alpha value is -2.17. The van der Waals surface area contributed by atoms with Crippen LogP contribution in [0.4, 0.5) is 0 Å². The van der Waals surface area contributed by atoms with Crippen molar-refractivity contribution in [3.63, 3.8) is 0 Å². The summed E-state index contributed by atoms with van der Waals surface area (Å²) in [7, 11) is -1.71. The molecule has 1 N–H and O–H groups in total. The van der Waals surface area contributed by atoms with Gasteiger partial charge in [-0.2, -0.15) is 0 Å². The zero-order valence-corrected chi connectivity index (χ0v) is 20.5. The minimum absolute atomic E-state index is 0.103. The Morgan fingerprint density at radius 2 is 1.82 bits per heavy atom. The average molecular weight is 481 g/mol. The van der Waals surface area contributed by atoms with E-state index in [2.05, 4.69) is 16.3 Å². The number of piperazine rings is 1. The van der Waals surface area contributed by atoms with E-state index in [1.54, 1.807) is 7.11 Å². The maximum Gasteiger partial charge on any atom is 0.225 e. The number of sulfonamides is 1. The summed E-state index contributed by atoms with van der Waals surface area (Å²) in [6, 6.07) is 7.98. The fourth-order valence-electron chi connectivity index (χ4n) is 4.51. The van der Waals surface area contributed by atoms with Gasteiger partial charge in [-0.25, -0.2) is 12.7 Å². The number of hydrogen-bond donors (Lipinski definition) is 1. The third-order valence-electron chi connectivity index (χ3n) is 6.45. The molecule has 1 aromatic carbocycles. The zero-order valence-electron chi connectivity index (χ0n) is 19.7. The lowest BCUT2D eigenvalue weighted by Gasteiger charge is -2.36. The van der Waals surface area contributed by atoms with E-state index in [9.17, 15) is 18.0 Å². The summed E-state index contributed by atoms with van der Waals surface area (Å²) in [5.74, 6) is 0.581. The Balaban J connectivity index is 1.56. The van der Waals surface area contributed by atoms with E-state index in [4.69, 9.17) is 4.74 Å². The van der Waals surface area contributed by atoms with Crippen molar-refractivity contribution >= 4 is 21.8 Å². The van der Waals surface area contributed by atoms with Crippen LogP contribution < -0.4 is 10.1 Å². The highest BCUT2D eigenvalue weighted by atomic mass is 32.2. The van der Waals surface area contributed by atoms with Gasteiger partial charge in [0.1, 0.15) is 5.75 Å². The van der Waals surface area contributed by atoms with Gasteiger partial charge in [0.25, 0.3) is 0 Å². The van der Waals surface area contributed by atoms with Crippen LogP contribution in [0.1, 0.15) is 31.2 Å². The minimum Gasteiger partial charge on any atom is -0.496 e. The Labute approximate surface area is 197 Å². The number of carbonyl (C=O) groups is 2. The predicted octanol–water partition coefficient (Wildman–Crippen LogP) is 0.907. The van der Waals surface area contributed by atoms with E-state index < -0.39 is 10.0 Å². The summed E-state index contributed by atoms with van der Waals surface area (Å²) < 4.78 is 30.8. The Morgan fingerprint density at radius 3 is 2.52 bits per heavy atom. The van der Waals surface area contributed by atoms with Gasteiger partial charge in [0.2, 0.25) is 21.8 Å². The first kappa shape index (κ1) is 25.5. The van der Waals surface area contributed by atoms with Gasteiger partial charge < -0.3 is 15.0 Å². The van der Waals surface area contributed by atoms with Crippen molar-refractivity contribution < 1.29 is 22.7 Å². The Morgan fingerprint density at radius 1 is 1.09 bits per heavy atom. The first-order valence-corrected chi connectivity index (χ1v) is 13.5. The third-order valence-corrected chi connectivity index (χ3v) is 7.76. The Bertz CT molecular complexity index is 915. The summed E-state index contributed by atoms with van der Waals surface area (Å²) in [6.45, 7) is 4.62. The number of rotatable bonds is 5. The molecule has 2 heterocycles. The van der Waals surface area contributed by atoms with Crippen LogP contribution in [-0.2, 0) is 26.2 Å². The molecule has 2 fully saturated rings. The molecule has 0 unspecified atom stereocenters. The van der Waals surface area contributed by atoms with Crippen LogP contribution in [-0.4, -0.2) is 93.5 Å². The summed E-state index contributed by atoms with van der Waals surface area (Å²) in [5.41, 5.74) is 1.13. The van der Waals surface area contributed by atoms with Crippen molar-refractivity contribution in [3.05, 3.63) is 29.8 Å². The van der Waals surface area contributed by atoms with Crippen LogP contribution in [0, 0.1) is 5.92 Å². The maximum absolute atomic E-state index is 13.3. The number of amides is 2. The maximum atomic E-state index is 13.3. The predicted molar refractivity (Wildman–Crippen MR) is 126 cm³/mol. The molecule has 3 rings (SSSR count). The van der Waals surface area contributed by atoms with Crippen molar-refractivity contribution in [1.29, 1.82) is 0 Å². The topological polar surface area (TPSA) is 99.3 Å². The number of benzene rings is 1. The second kappa shape index (κ2) is 11.8. The van der Waals surface area contributed by atoms with E-state index in [0.29, 0.717) is 45.4 Å². The standard InChI is InChI=1S/C23H36N4O5S/c1-32-21-8-4-3-6-20(21)18-25-14-16-26(17-15-25)23(29)19-7-5-12-27(33(2,30)31)13-10-22(28)24-11-9-19/h3-4,6,8,19H,5,7,9-18H2,1-2H3,(H,24,28)/t19-/m0/s1. The lowest BCUT2D eigenvalue weighted by Crippen LogP contribution is -2.50. The van der Waals surface area contributed by atoms with E-state index in [-0.39, 0.29) is 30.7 Å². The largest absolute Gasteiger partial charge is 0.496 e. The molecule has 0 radical (unpaired) electrons. The van der Waals surface area contributed by atoms with E-state index in [1.165, 1.54) is 4.31 Å². The summed E-state index contributed by atoms with van der Waals surface area (Å²) in [5, 5.41) is 2.83. The van der Waals surface area contributed by atoms with Crippen molar-refractivity contribution in [2.24, 2.45) is 5.92 Å². The van der Waals surface area contributed by atoms with Crippen LogP contribution in [0.5, 0.6) is 5.75 Å². The number of hydrogen-bond acceptors (Lipinski definition) is 6. The van der Waals surface area contributed by atoms with Gasteiger partial charge in [0.05, 0.1) is 13.4 Å². The van der Waals surface area contributed by atoms with Crippen LogP contribution in [0.15, 0.2) is 24.3 Å². The van der Waals surface area contributed by atoms with Gasteiger partial charge in [-0.1, -0.05) is 18.2 Å². The van der Waals surface area contributed by atoms with Crippen LogP contribution in [0.2, 0.25) is 0 Å². The molecule has 1 aromatic rings. The summed E-state index contributed by atoms with van der Waals surface area (Å²) in [6.07, 6.45) is 3.09. The first-order valence-electron chi connectivity index (χ1n) is 11.6. The smallest absolute Gasteiger partial charge is 0.225 e. The Kier molecular flexibility index (Phi) is 9.10. The molecule has 2 saturated heterocycles. The van der Waals surface area contributed by atoms with Crippen molar-refractivity contribution in [3.8, 4) is 5.75 Å².